The summed E-state index contributed by atoms with van der Waals surface area (Å²) in [6.45, 7) is 8.97. The van der Waals surface area contributed by atoms with Crippen molar-refractivity contribution < 1.29 is 74.2 Å². The van der Waals surface area contributed by atoms with Crippen molar-refractivity contribution in [3.63, 3.8) is 0 Å². The molecule has 115 valence electrons. The smallest absolute Gasteiger partial charge is 1.00 e. The molecule has 0 heterocycles. The average Bonchev–Trinajstić information content (AvgIpc) is 2.71. The largest absolute Gasteiger partial charge is 3.00 e. The second-order valence-corrected chi connectivity index (χ2v) is 6.96. The molecule has 2 aromatic rings. The van der Waals surface area contributed by atoms with Gasteiger partial charge in [-0.3, -0.25) is 0 Å². The molecule has 21 heavy (non-hydrogen) atoms. The van der Waals surface area contributed by atoms with Crippen LogP contribution in [0.15, 0.2) is 36.4 Å². The number of fused-ring (bicyclic) bond motifs is 1. The fourth-order valence-electron chi connectivity index (χ4n) is 2.05. The number of hydrogen-bond acceptors (Lipinski definition) is 0. The first kappa shape index (κ1) is 27.2. The van der Waals surface area contributed by atoms with E-state index in [2.05, 4.69) is 64.1 Å². The van der Waals surface area contributed by atoms with E-state index in [9.17, 15) is 0 Å². The molecule has 4 heteroatoms. The van der Waals surface area contributed by atoms with Crippen molar-refractivity contribution in [2.24, 2.45) is 5.92 Å². The summed E-state index contributed by atoms with van der Waals surface area (Å²) in [5, 5.41) is 2.75. The predicted molar refractivity (Wildman–Crippen MR) is 84.8 cm³/mol. The van der Waals surface area contributed by atoms with Crippen LogP contribution in [0.1, 0.15) is 33.3 Å². The molecule has 3 radical (unpaired) electrons. The Kier molecular flexibility index (Phi) is 21.1. The Morgan fingerprint density at radius 2 is 1.62 bits per heavy atom. The molecule has 0 aromatic heterocycles. The second kappa shape index (κ2) is 16.3. The minimum atomic E-state index is 0. The van der Waals surface area contributed by atoms with Crippen molar-refractivity contribution in [3.05, 3.63) is 42.0 Å². The van der Waals surface area contributed by atoms with E-state index in [-0.39, 0.29) is 74.2 Å². The molecule has 0 saturated carbocycles. The molecule has 0 nitrogen and oxygen atoms in total. The van der Waals surface area contributed by atoms with Gasteiger partial charge in [-0.1, -0.05) is 45.8 Å². The van der Waals surface area contributed by atoms with Crippen molar-refractivity contribution in [2.45, 2.75) is 46.2 Å². The third-order valence-electron chi connectivity index (χ3n) is 2.82. The molecule has 0 aliphatic rings. The molecular weight excluding hydrogens is 577 g/mol. The van der Waals surface area contributed by atoms with Crippen LogP contribution in [0.5, 0.6) is 0 Å². The molecule has 2 rings (SSSR count). The van der Waals surface area contributed by atoms with Crippen molar-refractivity contribution in [2.75, 3.05) is 0 Å². The van der Waals surface area contributed by atoms with Gasteiger partial charge in [0.15, 0.2) is 0 Å². The van der Waals surface area contributed by atoms with Gasteiger partial charge in [0.25, 0.3) is 0 Å². The summed E-state index contributed by atoms with van der Waals surface area (Å²) < 4.78 is 0. The molecule has 0 N–H and O–H groups in total. The Morgan fingerprint density at radius 3 is 2.05 bits per heavy atom. The van der Waals surface area contributed by atoms with Crippen molar-refractivity contribution in [3.8, 4) is 0 Å². The molecule has 0 bridgehead atoms. The van der Waals surface area contributed by atoms with Crippen molar-refractivity contribution in [1.29, 1.82) is 0 Å². The van der Waals surface area contributed by atoms with Gasteiger partial charge in [-0.05, 0) is 12.3 Å². The summed E-state index contributed by atoms with van der Waals surface area (Å²) in [6, 6.07) is 15.9. The summed E-state index contributed by atoms with van der Waals surface area (Å²) in [7, 11) is 1.20. The number of benzene rings is 1. The summed E-state index contributed by atoms with van der Waals surface area (Å²) in [4.78, 5) is 0. The molecule has 0 saturated heterocycles. The third kappa shape index (κ3) is 11.5. The van der Waals surface area contributed by atoms with Gasteiger partial charge >= 0.3 is 26.2 Å². The van der Waals surface area contributed by atoms with Crippen LogP contribution in [-0.4, -0.2) is 9.52 Å². The van der Waals surface area contributed by atoms with Crippen LogP contribution in [0.4, 0.5) is 0 Å². The van der Waals surface area contributed by atoms with E-state index in [1.807, 2.05) is 0 Å². The van der Waals surface area contributed by atoms with Crippen LogP contribution < -0.4 is 48.0 Å². The zero-order chi connectivity index (χ0) is 13.4. The number of hydrogen-bond donors (Lipinski definition) is 0. The fraction of sp³-hybridized carbons (Fsp3) is 0.471. The van der Waals surface area contributed by atoms with E-state index >= 15 is 0 Å². The summed E-state index contributed by atoms with van der Waals surface area (Å²) >= 11 is 0. The van der Waals surface area contributed by atoms with Gasteiger partial charge in [-0.2, -0.15) is 6.07 Å². The SMILES string of the molecule is CC(C)Cc1cc2ccccc2[cH-]1.CC[Si]CC.[I-].[I-].[Zr+3]. The Labute approximate surface area is 186 Å². The van der Waals surface area contributed by atoms with Crippen LogP contribution >= 0.6 is 0 Å². The number of rotatable bonds is 4. The molecule has 0 aliphatic carbocycles. The monoisotopic (exact) mass is 601 g/mol. The maximum Gasteiger partial charge on any atom is 3.00 e. The normalized spacial score (nSPS) is 9.00. The van der Waals surface area contributed by atoms with Gasteiger partial charge in [0, 0.05) is 9.52 Å². The Bertz CT molecular complexity index is 420. The van der Waals surface area contributed by atoms with Gasteiger partial charge in [0.2, 0.25) is 0 Å². The fourth-order valence-corrected chi connectivity index (χ4v) is 2.55. The van der Waals surface area contributed by atoms with Gasteiger partial charge in [-0.15, -0.1) is 40.6 Å². The van der Waals surface area contributed by atoms with E-state index in [0.717, 1.165) is 5.92 Å². The Balaban J connectivity index is -0.000000360. The van der Waals surface area contributed by atoms with Crippen LogP contribution in [0.25, 0.3) is 10.8 Å². The van der Waals surface area contributed by atoms with E-state index in [1.165, 1.54) is 44.4 Å². The molecule has 0 aliphatic heterocycles. The Hall–Kier alpha value is 1.39. The zero-order valence-electron chi connectivity index (χ0n) is 13.4. The van der Waals surface area contributed by atoms with E-state index < -0.39 is 0 Å². The van der Waals surface area contributed by atoms with Crippen LogP contribution in [0.2, 0.25) is 12.1 Å². The molecule has 2 aromatic carbocycles. The summed E-state index contributed by atoms with van der Waals surface area (Å²) in [6.07, 6.45) is 1.19. The molecular formula is C17H25I2SiZr. The van der Waals surface area contributed by atoms with Gasteiger partial charge in [0.1, 0.15) is 0 Å². The minimum absolute atomic E-state index is 0. The van der Waals surface area contributed by atoms with E-state index in [4.69, 9.17) is 0 Å². The van der Waals surface area contributed by atoms with Gasteiger partial charge in [-0.25, -0.2) is 0 Å². The predicted octanol–water partition coefficient (Wildman–Crippen LogP) is -0.670. The van der Waals surface area contributed by atoms with Crippen LogP contribution in [0, 0.1) is 5.92 Å². The van der Waals surface area contributed by atoms with E-state index in [0.29, 0.717) is 0 Å². The summed E-state index contributed by atoms with van der Waals surface area (Å²) in [5.74, 6) is 0.747. The maximum atomic E-state index is 2.30. The van der Waals surface area contributed by atoms with E-state index in [1.54, 1.807) is 0 Å². The second-order valence-electron chi connectivity index (χ2n) is 5.05. The molecule has 0 amide bonds. The van der Waals surface area contributed by atoms with Gasteiger partial charge in [0.05, 0.1) is 0 Å². The number of halogens is 2. The van der Waals surface area contributed by atoms with Crippen LogP contribution in [0.3, 0.4) is 0 Å². The standard InChI is InChI=1S/C13H15.C4H10Si.2HI.Zr/c1-10(2)7-11-8-12-5-3-4-6-13(12)9-11;1-3-5-4-2;;;/h3-6,8-10H,7H2,1-2H3;3-4H2,1-2H3;2*1H;/q-1;;;;+3/p-2. The third-order valence-corrected chi connectivity index (χ3v) is 3.82. The zero-order valence-corrected chi connectivity index (χ0v) is 21.2. The van der Waals surface area contributed by atoms with Crippen molar-refractivity contribution >= 4 is 20.3 Å². The summed E-state index contributed by atoms with van der Waals surface area (Å²) in [5.41, 5.74) is 1.47. The maximum absolute atomic E-state index is 2.30. The molecule has 0 spiro atoms. The van der Waals surface area contributed by atoms with Crippen molar-refractivity contribution in [1.82, 2.24) is 0 Å². The first-order valence-electron chi connectivity index (χ1n) is 7.02. The quantitative estimate of drug-likeness (QED) is 0.248. The van der Waals surface area contributed by atoms with Crippen LogP contribution in [-0.2, 0) is 32.6 Å². The average molecular weight is 603 g/mol. The topological polar surface area (TPSA) is 0 Å². The van der Waals surface area contributed by atoms with Gasteiger partial charge < -0.3 is 48.0 Å². The molecule has 0 unspecified atom stereocenters. The minimum Gasteiger partial charge on any atom is -1.00 e. The Morgan fingerprint density at radius 1 is 1.05 bits per heavy atom. The first-order valence-corrected chi connectivity index (χ1v) is 8.43. The molecule has 0 fully saturated rings. The first-order chi connectivity index (χ1) is 8.67. The molecule has 0 atom stereocenters.